The van der Waals surface area contributed by atoms with Crippen molar-refractivity contribution in [1.29, 1.82) is 0 Å². The van der Waals surface area contributed by atoms with Crippen LogP contribution in [0.15, 0.2) is 53.4 Å². The first kappa shape index (κ1) is 18.8. The van der Waals surface area contributed by atoms with Gasteiger partial charge in [0.1, 0.15) is 0 Å². The molecule has 0 aliphatic carbocycles. The fraction of sp³-hybridized carbons (Fsp3) is 0.133. The Hall–Kier alpha value is -2.49. The van der Waals surface area contributed by atoms with E-state index < -0.39 is 27.4 Å². The van der Waals surface area contributed by atoms with Gasteiger partial charge in [-0.3, -0.25) is 14.9 Å². The highest BCUT2D eigenvalue weighted by atomic mass is 35.5. The molecule has 0 saturated carbocycles. The molecule has 0 aliphatic heterocycles. The zero-order valence-corrected chi connectivity index (χ0v) is 14.6. The smallest absolute Gasteiger partial charge is 0.270 e. The number of benzene rings is 2. The largest absolute Gasteiger partial charge is 0.325 e. The molecule has 1 amide bonds. The molecule has 0 unspecified atom stereocenters. The minimum Gasteiger partial charge on any atom is -0.325 e. The number of carbonyl (C=O) groups is 1. The maximum absolute atomic E-state index is 12.5. The van der Waals surface area contributed by atoms with E-state index in [2.05, 4.69) is 5.32 Å². The van der Waals surface area contributed by atoms with Crippen LogP contribution < -0.4 is 5.32 Å². The first-order valence-electron chi connectivity index (χ1n) is 6.96. The van der Waals surface area contributed by atoms with Crippen LogP contribution >= 0.6 is 11.6 Å². The van der Waals surface area contributed by atoms with Crippen molar-refractivity contribution < 1.29 is 18.1 Å². The van der Waals surface area contributed by atoms with Crippen LogP contribution in [0.2, 0.25) is 5.02 Å². The average Bonchev–Trinajstić information content (AvgIpc) is 2.54. The molecule has 0 spiro atoms. The van der Waals surface area contributed by atoms with E-state index in [9.17, 15) is 23.3 Å². The topological polar surface area (TPSA) is 110 Å². The lowest BCUT2D eigenvalue weighted by Crippen LogP contribution is -2.35. The monoisotopic (exact) mass is 383 g/mol. The molecule has 2 rings (SSSR count). The number of carbonyl (C=O) groups excluding carboxylic acids is 1. The minimum absolute atomic E-state index is 0.264. The van der Waals surface area contributed by atoms with Gasteiger partial charge < -0.3 is 5.32 Å². The van der Waals surface area contributed by atoms with Crippen molar-refractivity contribution in [2.45, 2.75) is 4.90 Å². The van der Waals surface area contributed by atoms with Crippen LogP contribution in [0.25, 0.3) is 0 Å². The summed E-state index contributed by atoms with van der Waals surface area (Å²) in [5.41, 5.74) is 0.0801. The molecule has 0 bridgehead atoms. The molecule has 2 aromatic rings. The molecule has 0 aromatic heterocycles. The first-order chi connectivity index (χ1) is 11.7. The number of halogens is 1. The van der Waals surface area contributed by atoms with Crippen LogP contribution in [-0.4, -0.2) is 37.1 Å². The third-order valence-corrected chi connectivity index (χ3v) is 5.25. The fourth-order valence-electron chi connectivity index (χ4n) is 1.99. The van der Waals surface area contributed by atoms with Gasteiger partial charge in [0.25, 0.3) is 5.69 Å². The van der Waals surface area contributed by atoms with Gasteiger partial charge in [-0.1, -0.05) is 23.7 Å². The number of nitro benzene ring substituents is 1. The molecule has 0 saturated heterocycles. The van der Waals surface area contributed by atoms with Crippen LogP contribution in [-0.2, 0) is 14.8 Å². The van der Waals surface area contributed by atoms with Crippen LogP contribution in [0.1, 0.15) is 0 Å². The van der Waals surface area contributed by atoms with Crippen molar-refractivity contribution in [3.8, 4) is 0 Å². The van der Waals surface area contributed by atoms with E-state index in [-0.39, 0.29) is 10.6 Å². The summed E-state index contributed by atoms with van der Waals surface area (Å²) in [5.74, 6) is -0.571. The Morgan fingerprint density at radius 3 is 2.56 bits per heavy atom. The summed E-state index contributed by atoms with van der Waals surface area (Å²) in [6, 6.07) is 11.0. The van der Waals surface area contributed by atoms with Gasteiger partial charge in [0, 0.05) is 29.9 Å². The number of nitrogens with one attached hydrogen (secondary N) is 1. The molecular weight excluding hydrogens is 370 g/mol. The molecule has 0 aliphatic rings. The number of nitrogens with zero attached hydrogens (tertiary/aromatic N) is 2. The number of non-ortho nitro benzene ring substituents is 1. The first-order valence-corrected chi connectivity index (χ1v) is 8.78. The van der Waals surface area contributed by atoms with Gasteiger partial charge in [0.15, 0.2) is 0 Å². The van der Waals surface area contributed by atoms with E-state index in [1.165, 1.54) is 31.3 Å². The predicted octanol–water partition coefficient (Wildman–Crippen LogP) is 2.51. The van der Waals surface area contributed by atoms with Gasteiger partial charge in [-0.25, -0.2) is 8.42 Å². The van der Waals surface area contributed by atoms with Gasteiger partial charge in [0.05, 0.1) is 16.4 Å². The minimum atomic E-state index is -4.05. The lowest BCUT2D eigenvalue weighted by molar-refractivity contribution is -0.385. The van der Waals surface area contributed by atoms with E-state index >= 15 is 0 Å². The van der Waals surface area contributed by atoms with E-state index in [0.29, 0.717) is 10.7 Å². The maximum Gasteiger partial charge on any atom is 0.270 e. The van der Waals surface area contributed by atoms with Crippen LogP contribution in [0, 0.1) is 10.1 Å². The molecule has 132 valence electrons. The van der Waals surface area contributed by atoms with Crippen molar-refractivity contribution in [2.24, 2.45) is 0 Å². The highest BCUT2D eigenvalue weighted by Crippen LogP contribution is 2.20. The number of likely N-dealkylation sites (N-methyl/N-ethyl adjacent to an activating group) is 1. The predicted molar refractivity (Wildman–Crippen MR) is 93.0 cm³/mol. The molecule has 1 N–H and O–H groups in total. The molecule has 0 atom stereocenters. The summed E-state index contributed by atoms with van der Waals surface area (Å²) in [7, 11) is -2.83. The Balaban J connectivity index is 2.13. The van der Waals surface area contributed by atoms with Crippen molar-refractivity contribution in [3.05, 3.63) is 63.7 Å². The molecule has 0 fully saturated rings. The molecule has 2 aromatic carbocycles. The number of hydrogen-bond donors (Lipinski definition) is 1. The average molecular weight is 384 g/mol. The van der Waals surface area contributed by atoms with Gasteiger partial charge in [0.2, 0.25) is 15.9 Å². The van der Waals surface area contributed by atoms with E-state index in [4.69, 9.17) is 11.6 Å². The maximum atomic E-state index is 12.5. The lowest BCUT2D eigenvalue weighted by Gasteiger charge is -2.17. The second kappa shape index (κ2) is 7.60. The second-order valence-corrected chi connectivity index (χ2v) is 7.56. The molecule has 0 heterocycles. The third kappa shape index (κ3) is 4.75. The molecule has 8 nitrogen and oxygen atoms in total. The van der Waals surface area contributed by atoms with Crippen molar-refractivity contribution in [1.82, 2.24) is 4.31 Å². The quantitative estimate of drug-likeness (QED) is 0.608. The Kier molecular flexibility index (Phi) is 5.73. The fourth-order valence-corrected chi connectivity index (χ4v) is 3.35. The zero-order chi connectivity index (χ0) is 18.6. The highest BCUT2D eigenvalue weighted by molar-refractivity contribution is 7.89. The van der Waals surface area contributed by atoms with E-state index in [1.54, 1.807) is 18.2 Å². The number of nitro groups is 1. The molecule has 25 heavy (non-hydrogen) atoms. The second-order valence-electron chi connectivity index (χ2n) is 5.07. The van der Waals surface area contributed by atoms with E-state index in [0.717, 1.165) is 10.4 Å². The summed E-state index contributed by atoms with van der Waals surface area (Å²) < 4.78 is 25.7. The van der Waals surface area contributed by atoms with Crippen molar-refractivity contribution in [3.63, 3.8) is 0 Å². The number of amides is 1. The molecule has 0 radical (unpaired) electrons. The Morgan fingerprint density at radius 1 is 1.24 bits per heavy atom. The normalized spacial score (nSPS) is 11.3. The van der Waals surface area contributed by atoms with Gasteiger partial charge in [-0.15, -0.1) is 0 Å². The van der Waals surface area contributed by atoms with Gasteiger partial charge in [-0.05, 0) is 24.3 Å². The van der Waals surface area contributed by atoms with Gasteiger partial charge >= 0.3 is 0 Å². The van der Waals surface area contributed by atoms with Crippen molar-refractivity contribution in [2.75, 3.05) is 18.9 Å². The number of sulfonamides is 1. The van der Waals surface area contributed by atoms with Crippen molar-refractivity contribution >= 4 is 38.9 Å². The highest BCUT2D eigenvalue weighted by Gasteiger charge is 2.24. The van der Waals surface area contributed by atoms with E-state index in [1.807, 2.05) is 0 Å². The summed E-state index contributed by atoms with van der Waals surface area (Å²) in [5, 5.41) is 13.7. The number of anilines is 1. The van der Waals surface area contributed by atoms with Crippen LogP contribution in [0.3, 0.4) is 0 Å². The number of hydrogen-bond acceptors (Lipinski definition) is 5. The number of rotatable bonds is 6. The Morgan fingerprint density at radius 2 is 1.92 bits per heavy atom. The summed E-state index contributed by atoms with van der Waals surface area (Å²) in [6.07, 6.45) is 0. The third-order valence-electron chi connectivity index (χ3n) is 3.21. The van der Waals surface area contributed by atoms with Crippen LogP contribution in [0.5, 0.6) is 0 Å². The SMILES string of the molecule is CN(CC(=O)Nc1cccc(Cl)c1)S(=O)(=O)c1cccc([N+](=O)[O-])c1. The Bertz CT molecular complexity index is 917. The standard InChI is InChI=1S/C15H14ClN3O5S/c1-18(10-15(20)17-12-5-2-4-11(16)8-12)25(23,24)14-7-3-6-13(9-14)19(21)22/h2-9H,10H2,1H3,(H,17,20). The van der Waals surface area contributed by atoms with Crippen LogP contribution in [0.4, 0.5) is 11.4 Å². The summed E-state index contributed by atoms with van der Waals surface area (Å²) >= 11 is 5.81. The zero-order valence-electron chi connectivity index (χ0n) is 13.0. The molecule has 10 heteroatoms. The summed E-state index contributed by atoms with van der Waals surface area (Å²) in [6.45, 7) is -0.461. The van der Waals surface area contributed by atoms with Gasteiger partial charge in [-0.2, -0.15) is 4.31 Å². The summed E-state index contributed by atoms with van der Waals surface area (Å²) in [4.78, 5) is 21.8. The lowest BCUT2D eigenvalue weighted by atomic mass is 10.3. The molecular formula is C15H14ClN3O5S. The Labute approximate surface area is 149 Å².